The third kappa shape index (κ3) is 3.77. The van der Waals surface area contributed by atoms with Gasteiger partial charge in [-0.3, -0.25) is 0 Å². The molecule has 1 unspecified atom stereocenters. The molecule has 2 N–H and O–H groups in total. The minimum Gasteiger partial charge on any atom is -0.481 e. The van der Waals surface area contributed by atoms with Crippen LogP contribution in [0.4, 0.5) is 0 Å². The highest BCUT2D eigenvalue weighted by Gasteiger charge is 2.10. The molecule has 1 atom stereocenters. The summed E-state index contributed by atoms with van der Waals surface area (Å²) in [5, 5.41) is 12.8. The fraction of sp³-hybridized carbons (Fsp3) is 0.267. The molecule has 19 heavy (non-hydrogen) atoms. The first-order valence-electron chi connectivity index (χ1n) is 6.21. The zero-order valence-electron chi connectivity index (χ0n) is 10.9. The number of benzene rings is 1. The van der Waals surface area contributed by atoms with Crippen LogP contribution in [0.2, 0.25) is 0 Å². The first-order valence-corrected chi connectivity index (χ1v) is 6.21. The Kier molecular flexibility index (Phi) is 4.89. The molecule has 4 heteroatoms. The van der Waals surface area contributed by atoms with Gasteiger partial charge in [-0.15, -0.1) is 0 Å². The van der Waals surface area contributed by atoms with Gasteiger partial charge in [-0.25, -0.2) is 4.98 Å². The average Bonchev–Trinajstić information content (AvgIpc) is 2.49. The molecular formula is C15H18N2O2. The predicted octanol–water partition coefficient (Wildman–Crippen LogP) is 1.91. The summed E-state index contributed by atoms with van der Waals surface area (Å²) in [5.41, 5.74) is 2.13. The van der Waals surface area contributed by atoms with E-state index in [0.717, 1.165) is 5.56 Å². The molecule has 2 aromatic rings. The number of pyridine rings is 1. The van der Waals surface area contributed by atoms with Crippen LogP contribution in [-0.4, -0.2) is 23.8 Å². The molecule has 0 aliphatic rings. The van der Waals surface area contributed by atoms with Crippen LogP contribution in [0.1, 0.15) is 17.2 Å². The molecule has 0 saturated heterocycles. The average molecular weight is 258 g/mol. The zero-order chi connectivity index (χ0) is 13.5. The van der Waals surface area contributed by atoms with Crippen LogP contribution in [-0.2, 0) is 6.54 Å². The molecule has 1 heterocycles. The molecule has 0 saturated carbocycles. The van der Waals surface area contributed by atoms with E-state index in [1.54, 1.807) is 19.4 Å². The number of ether oxygens (including phenoxy) is 1. The van der Waals surface area contributed by atoms with Crippen LogP contribution >= 0.6 is 0 Å². The lowest BCUT2D eigenvalue weighted by Crippen LogP contribution is -2.24. The van der Waals surface area contributed by atoms with Gasteiger partial charge in [0.15, 0.2) is 0 Å². The lowest BCUT2D eigenvalue weighted by atomic mass is 10.1. The van der Waals surface area contributed by atoms with Gasteiger partial charge in [-0.05, 0) is 11.1 Å². The highest BCUT2D eigenvalue weighted by molar-refractivity contribution is 5.21. The van der Waals surface area contributed by atoms with E-state index in [1.807, 2.05) is 36.4 Å². The lowest BCUT2D eigenvalue weighted by molar-refractivity contribution is 0.243. The van der Waals surface area contributed by atoms with Crippen molar-refractivity contribution in [1.29, 1.82) is 0 Å². The number of methoxy groups -OCH3 is 1. The number of nitrogens with zero attached hydrogens (tertiary/aromatic N) is 1. The van der Waals surface area contributed by atoms with Crippen molar-refractivity contribution in [2.45, 2.75) is 12.6 Å². The monoisotopic (exact) mass is 258 g/mol. The van der Waals surface area contributed by atoms with E-state index in [0.29, 0.717) is 12.4 Å². The zero-order valence-corrected chi connectivity index (χ0v) is 10.9. The Bertz CT molecular complexity index is 485. The Morgan fingerprint density at radius 3 is 2.58 bits per heavy atom. The smallest absolute Gasteiger partial charge is 0.212 e. The van der Waals surface area contributed by atoms with Crippen molar-refractivity contribution in [1.82, 2.24) is 10.3 Å². The molecule has 0 amide bonds. The van der Waals surface area contributed by atoms with E-state index in [4.69, 9.17) is 4.74 Å². The highest BCUT2D eigenvalue weighted by Crippen LogP contribution is 2.15. The fourth-order valence-electron chi connectivity index (χ4n) is 1.84. The van der Waals surface area contributed by atoms with E-state index in [9.17, 15) is 5.11 Å². The van der Waals surface area contributed by atoms with Crippen LogP contribution in [0.15, 0.2) is 48.7 Å². The van der Waals surface area contributed by atoms with Crippen molar-refractivity contribution in [2.75, 3.05) is 13.7 Å². The summed E-state index contributed by atoms with van der Waals surface area (Å²) in [5.74, 6) is 0.573. The summed E-state index contributed by atoms with van der Waals surface area (Å²) in [4.78, 5) is 4.15. The number of hydrogen-bond donors (Lipinski definition) is 2. The van der Waals surface area contributed by atoms with E-state index in [1.165, 1.54) is 5.56 Å². The molecule has 0 radical (unpaired) electrons. The van der Waals surface area contributed by atoms with Gasteiger partial charge < -0.3 is 15.2 Å². The van der Waals surface area contributed by atoms with E-state index >= 15 is 0 Å². The largest absolute Gasteiger partial charge is 0.481 e. The van der Waals surface area contributed by atoms with Crippen LogP contribution in [0.25, 0.3) is 0 Å². The van der Waals surface area contributed by atoms with Gasteiger partial charge in [0.05, 0.1) is 19.8 Å². The number of rotatable bonds is 6. The summed E-state index contributed by atoms with van der Waals surface area (Å²) >= 11 is 0. The van der Waals surface area contributed by atoms with Crippen molar-refractivity contribution >= 4 is 0 Å². The lowest BCUT2D eigenvalue weighted by Gasteiger charge is -2.16. The number of aromatic nitrogens is 1. The maximum atomic E-state index is 9.46. The van der Waals surface area contributed by atoms with Crippen LogP contribution < -0.4 is 10.1 Å². The SMILES string of the molecule is COc1ccc(C(CO)NCc2ccccc2)cn1. The van der Waals surface area contributed by atoms with Gasteiger partial charge in [-0.2, -0.15) is 0 Å². The first-order chi connectivity index (χ1) is 9.33. The van der Waals surface area contributed by atoms with Crippen molar-refractivity contribution in [3.63, 3.8) is 0 Å². The second-order valence-corrected chi connectivity index (χ2v) is 4.24. The van der Waals surface area contributed by atoms with Crippen molar-refractivity contribution in [3.8, 4) is 5.88 Å². The summed E-state index contributed by atoms with van der Waals surface area (Å²) in [6.45, 7) is 0.735. The molecule has 0 aliphatic carbocycles. The highest BCUT2D eigenvalue weighted by atomic mass is 16.5. The maximum absolute atomic E-state index is 9.46. The molecule has 0 spiro atoms. The van der Waals surface area contributed by atoms with Crippen LogP contribution in [0, 0.1) is 0 Å². The van der Waals surface area contributed by atoms with Gasteiger partial charge in [0, 0.05) is 18.8 Å². The van der Waals surface area contributed by atoms with E-state index in [2.05, 4.69) is 10.3 Å². The number of nitrogens with one attached hydrogen (secondary N) is 1. The Hall–Kier alpha value is -1.91. The third-order valence-electron chi connectivity index (χ3n) is 2.95. The Morgan fingerprint density at radius 2 is 2.00 bits per heavy atom. The first kappa shape index (κ1) is 13.5. The number of hydrogen-bond acceptors (Lipinski definition) is 4. The molecule has 0 fully saturated rings. The Labute approximate surface area is 113 Å². The quantitative estimate of drug-likeness (QED) is 0.831. The molecule has 0 aliphatic heterocycles. The Morgan fingerprint density at radius 1 is 1.21 bits per heavy atom. The Balaban J connectivity index is 1.99. The van der Waals surface area contributed by atoms with Crippen molar-refractivity contribution in [2.24, 2.45) is 0 Å². The topological polar surface area (TPSA) is 54.4 Å². The normalized spacial score (nSPS) is 12.1. The minimum absolute atomic E-state index is 0.0286. The predicted molar refractivity (Wildman–Crippen MR) is 73.9 cm³/mol. The molecule has 1 aromatic heterocycles. The molecule has 4 nitrogen and oxygen atoms in total. The summed E-state index contributed by atoms with van der Waals surface area (Å²) in [7, 11) is 1.58. The second kappa shape index (κ2) is 6.87. The maximum Gasteiger partial charge on any atom is 0.212 e. The van der Waals surface area contributed by atoms with Crippen LogP contribution in [0.3, 0.4) is 0 Å². The van der Waals surface area contributed by atoms with Gasteiger partial charge in [0.25, 0.3) is 0 Å². The molecular weight excluding hydrogens is 240 g/mol. The van der Waals surface area contributed by atoms with Gasteiger partial charge in [-0.1, -0.05) is 36.4 Å². The van der Waals surface area contributed by atoms with Crippen molar-refractivity contribution < 1.29 is 9.84 Å². The number of aliphatic hydroxyl groups excluding tert-OH is 1. The standard InChI is InChI=1S/C15H18N2O2/c1-19-15-8-7-13(10-17-15)14(11-18)16-9-12-5-3-2-4-6-12/h2-8,10,14,16,18H,9,11H2,1H3. The molecule has 2 rings (SSSR count). The summed E-state index contributed by atoms with van der Waals surface area (Å²) in [6.07, 6.45) is 1.72. The van der Waals surface area contributed by atoms with Gasteiger partial charge >= 0.3 is 0 Å². The van der Waals surface area contributed by atoms with Gasteiger partial charge in [0.2, 0.25) is 5.88 Å². The number of aliphatic hydroxyl groups is 1. The van der Waals surface area contributed by atoms with Crippen molar-refractivity contribution in [3.05, 3.63) is 59.8 Å². The summed E-state index contributed by atoms with van der Waals surface area (Å²) < 4.78 is 5.02. The second-order valence-electron chi connectivity index (χ2n) is 4.24. The van der Waals surface area contributed by atoms with E-state index in [-0.39, 0.29) is 12.6 Å². The third-order valence-corrected chi connectivity index (χ3v) is 2.95. The van der Waals surface area contributed by atoms with Crippen LogP contribution in [0.5, 0.6) is 5.88 Å². The van der Waals surface area contributed by atoms with Gasteiger partial charge in [0.1, 0.15) is 0 Å². The minimum atomic E-state index is -0.126. The molecule has 100 valence electrons. The van der Waals surface area contributed by atoms with E-state index < -0.39 is 0 Å². The molecule has 1 aromatic carbocycles. The fourth-order valence-corrected chi connectivity index (χ4v) is 1.84. The molecule has 0 bridgehead atoms. The summed E-state index contributed by atoms with van der Waals surface area (Å²) in [6, 6.07) is 13.7.